The summed E-state index contributed by atoms with van der Waals surface area (Å²) in [5, 5.41) is 0. The first-order chi connectivity index (χ1) is 12.3. The second-order valence-corrected chi connectivity index (χ2v) is 10.0. The fourth-order valence-electron chi connectivity index (χ4n) is 3.80. The van der Waals surface area contributed by atoms with Gasteiger partial charge in [0.15, 0.2) is 0 Å². The standard InChI is InChI=1S/C16H34.C10H22/c1-13(2)7-10-16(11-8-14(3)4)12-9-15(5)6;1-4-7-10(8-5-2)9-6-3/h13-16H,7-12H2,1-6H3;10H,4-9H2,1-3H3. The molecule has 0 amide bonds. The number of hydrogen-bond donors (Lipinski definition) is 0. The van der Waals surface area contributed by atoms with Crippen LogP contribution in [-0.2, 0) is 0 Å². The van der Waals surface area contributed by atoms with Crippen LogP contribution in [0.3, 0.4) is 0 Å². The smallest absolute Gasteiger partial charge is 0.0414 e. The van der Waals surface area contributed by atoms with Crippen molar-refractivity contribution in [1.82, 2.24) is 0 Å². The number of rotatable bonds is 15. The third kappa shape index (κ3) is 22.0. The van der Waals surface area contributed by atoms with E-state index in [4.69, 9.17) is 0 Å². The summed E-state index contributed by atoms with van der Waals surface area (Å²) in [5.41, 5.74) is 0. The van der Waals surface area contributed by atoms with Gasteiger partial charge < -0.3 is 0 Å². The third-order valence-electron chi connectivity index (χ3n) is 5.55. The van der Waals surface area contributed by atoms with E-state index in [0.717, 1.165) is 29.6 Å². The van der Waals surface area contributed by atoms with Crippen molar-refractivity contribution < 1.29 is 0 Å². The maximum atomic E-state index is 2.35. The van der Waals surface area contributed by atoms with Crippen LogP contribution in [0, 0.1) is 29.6 Å². The highest BCUT2D eigenvalue weighted by molar-refractivity contribution is 4.64. The lowest BCUT2D eigenvalue weighted by molar-refractivity contribution is 0.329. The fourth-order valence-corrected chi connectivity index (χ4v) is 3.80. The van der Waals surface area contributed by atoms with E-state index in [1.165, 1.54) is 77.0 Å². The molecule has 0 N–H and O–H groups in total. The molecule has 0 aliphatic heterocycles. The summed E-state index contributed by atoms with van der Waals surface area (Å²) in [6, 6.07) is 0. The minimum absolute atomic E-state index is 0.876. The van der Waals surface area contributed by atoms with Gasteiger partial charge in [-0.1, -0.05) is 139 Å². The molecule has 0 heterocycles. The van der Waals surface area contributed by atoms with Gasteiger partial charge in [0.05, 0.1) is 0 Å². The van der Waals surface area contributed by atoms with Crippen molar-refractivity contribution in [1.29, 1.82) is 0 Å². The Kier molecular flexibility index (Phi) is 21.4. The largest absolute Gasteiger partial charge is 0.0654 e. The molecule has 0 aromatic carbocycles. The highest BCUT2D eigenvalue weighted by atomic mass is 14.2. The first-order valence-corrected chi connectivity index (χ1v) is 12.3. The third-order valence-corrected chi connectivity index (χ3v) is 5.55. The van der Waals surface area contributed by atoms with Gasteiger partial charge in [0, 0.05) is 0 Å². The average molecular weight is 369 g/mol. The van der Waals surface area contributed by atoms with Gasteiger partial charge in [-0.05, 0) is 29.6 Å². The Morgan fingerprint density at radius 3 is 0.769 bits per heavy atom. The minimum Gasteiger partial charge on any atom is -0.0654 e. The van der Waals surface area contributed by atoms with Gasteiger partial charge >= 0.3 is 0 Å². The molecule has 0 rings (SSSR count). The van der Waals surface area contributed by atoms with Gasteiger partial charge in [0.2, 0.25) is 0 Å². The quantitative estimate of drug-likeness (QED) is 0.270. The summed E-state index contributed by atoms with van der Waals surface area (Å²) in [7, 11) is 0. The van der Waals surface area contributed by atoms with Crippen molar-refractivity contribution in [2.24, 2.45) is 29.6 Å². The molecule has 0 radical (unpaired) electrons. The predicted octanol–water partition coefficient (Wildman–Crippen LogP) is 9.91. The molecule has 0 spiro atoms. The van der Waals surface area contributed by atoms with Crippen LogP contribution in [-0.4, -0.2) is 0 Å². The molecule has 0 fully saturated rings. The highest BCUT2D eigenvalue weighted by Gasteiger charge is 2.11. The van der Waals surface area contributed by atoms with Crippen LogP contribution in [0.4, 0.5) is 0 Å². The molecule has 0 aromatic rings. The molecule has 160 valence electrons. The molecule has 0 bridgehead atoms. The number of hydrogen-bond acceptors (Lipinski definition) is 0. The van der Waals surface area contributed by atoms with Gasteiger partial charge in [-0.2, -0.15) is 0 Å². The Bertz CT molecular complexity index is 208. The Morgan fingerprint density at radius 1 is 0.346 bits per heavy atom. The zero-order valence-corrected chi connectivity index (χ0v) is 20.4. The van der Waals surface area contributed by atoms with Crippen LogP contribution in [0.15, 0.2) is 0 Å². The average Bonchev–Trinajstić information content (AvgIpc) is 2.55. The van der Waals surface area contributed by atoms with Crippen LogP contribution >= 0.6 is 0 Å². The first kappa shape index (κ1) is 28.2. The van der Waals surface area contributed by atoms with E-state index in [1.807, 2.05) is 0 Å². The van der Waals surface area contributed by atoms with Crippen molar-refractivity contribution in [3.63, 3.8) is 0 Å². The van der Waals surface area contributed by atoms with E-state index >= 15 is 0 Å². The van der Waals surface area contributed by atoms with E-state index in [2.05, 4.69) is 62.3 Å². The maximum Gasteiger partial charge on any atom is -0.0414 e. The summed E-state index contributed by atoms with van der Waals surface area (Å²) in [6.07, 6.45) is 17.1. The van der Waals surface area contributed by atoms with Gasteiger partial charge in [-0.25, -0.2) is 0 Å². The lowest BCUT2D eigenvalue weighted by Crippen LogP contribution is -2.06. The molecule has 0 aliphatic rings. The van der Waals surface area contributed by atoms with Crippen LogP contribution in [0.1, 0.15) is 139 Å². The monoisotopic (exact) mass is 368 g/mol. The van der Waals surface area contributed by atoms with Crippen molar-refractivity contribution in [2.75, 3.05) is 0 Å². The SMILES string of the molecule is CC(C)CCC(CCC(C)C)CCC(C)C.CCCC(CCC)CCC. The second kappa shape index (κ2) is 19.8. The molecule has 0 aliphatic carbocycles. The van der Waals surface area contributed by atoms with Crippen molar-refractivity contribution in [3.05, 3.63) is 0 Å². The Balaban J connectivity index is 0. The van der Waals surface area contributed by atoms with Crippen LogP contribution in [0.2, 0.25) is 0 Å². The van der Waals surface area contributed by atoms with Crippen molar-refractivity contribution in [3.8, 4) is 0 Å². The van der Waals surface area contributed by atoms with E-state index in [1.54, 1.807) is 0 Å². The van der Waals surface area contributed by atoms with E-state index in [-0.39, 0.29) is 0 Å². The summed E-state index contributed by atoms with van der Waals surface area (Å²) in [4.78, 5) is 0. The lowest BCUT2D eigenvalue weighted by atomic mass is 9.86. The lowest BCUT2D eigenvalue weighted by Gasteiger charge is -2.20. The highest BCUT2D eigenvalue weighted by Crippen LogP contribution is 2.25. The van der Waals surface area contributed by atoms with Gasteiger partial charge in [0.1, 0.15) is 0 Å². The van der Waals surface area contributed by atoms with Crippen LogP contribution in [0.5, 0.6) is 0 Å². The van der Waals surface area contributed by atoms with Crippen molar-refractivity contribution in [2.45, 2.75) is 139 Å². The zero-order chi connectivity index (χ0) is 20.4. The predicted molar refractivity (Wildman–Crippen MR) is 124 cm³/mol. The van der Waals surface area contributed by atoms with Crippen LogP contribution in [0.25, 0.3) is 0 Å². The summed E-state index contributed by atoms with van der Waals surface area (Å²) < 4.78 is 0. The molecule has 0 aromatic heterocycles. The van der Waals surface area contributed by atoms with Crippen LogP contribution < -0.4 is 0 Å². The molecule has 0 unspecified atom stereocenters. The van der Waals surface area contributed by atoms with Gasteiger partial charge in [-0.15, -0.1) is 0 Å². The summed E-state index contributed by atoms with van der Waals surface area (Å²) in [5.74, 6) is 4.65. The van der Waals surface area contributed by atoms with E-state index in [9.17, 15) is 0 Å². The minimum atomic E-state index is 0.876. The zero-order valence-electron chi connectivity index (χ0n) is 20.4. The summed E-state index contributed by atoms with van der Waals surface area (Å²) in [6.45, 7) is 21.0. The fraction of sp³-hybridized carbons (Fsp3) is 1.00. The summed E-state index contributed by atoms with van der Waals surface area (Å²) >= 11 is 0. The van der Waals surface area contributed by atoms with Gasteiger partial charge in [0.25, 0.3) is 0 Å². The normalized spacial score (nSPS) is 11.8. The molecule has 26 heavy (non-hydrogen) atoms. The molecule has 0 saturated heterocycles. The molecule has 0 heteroatoms. The first-order valence-electron chi connectivity index (χ1n) is 12.3. The molecule has 0 saturated carbocycles. The second-order valence-electron chi connectivity index (χ2n) is 10.0. The van der Waals surface area contributed by atoms with E-state index in [0.29, 0.717) is 0 Å². The molecular weight excluding hydrogens is 312 g/mol. The van der Waals surface area contributed by atoms with Crippen molar-refractivity contribution >= 4 is 0 Å². The Morgan fingerprint density at radius 2 is 0.577 bits per heavy atom. The Hall–Kier alpha value is 0. The Labute approximate surface area is 169 Å². The molecular formula is C26H56. The van der Waals surface area contributed by atoms with E-state index < -0.39 is 0 Å². The molecule has 0 atom stereocenters. The maximum absolute atomic E-state index is 2.35. The molecule has 0 nitrogen and oxygen atoms in total. The topological polar surface area (TPSA) is 0 Å². The van der Waals surface area contributed by atoms with Gasteiger partial charge in [-0.3, -0.25) is 0 Å².